The van der Waals surface area contributed by atoms with Crippen molar-refractivity contribution in [2.24, 2.45) is 5.92 Å². The molecule has 8 aromatic carbocycles. The largest absolute Gasteiger partial charge is 0.508 e. The summed E-state index contributed by atoms with van der Waals surface area (Å²) in [7, 11) is -3.52. The summed E-state index contributed by atoms with van der Waals surface area (Å²) in [4.78, 5) is 25.1. The summed E-state index contributed by atoms with van der Waals surface area (Å²) in [6, 6.07) is 59.5. The van der Waals surface area contributed by atoms with Crippen LogP contribution in [-0.2, 0) is 19.6 Å². The van der Waals surface area contributed by atoms with Crippen molar-refractivity contribution >= 4 is 39.1 Å². The Labute approximate surface area is 599 Å². The van der Waals surface area contributed by atoms with Gasteiger partial charge in [0.2, 0.25) is 21.5 Å². The van der Waals surface area contributed by atoms with Gasteiger partial charge in [0.1, 0.15) is 17.2 Å². The Kier molecular flexibility index (Phi) is 32.7. The van der Waals surface area contributed by atoms with E-state index in [4.69, 9.17) is 21.1 Å². The van der Waals surface area contributed by atoms with Gasteiger partial charge in [0.25, 0.3) is 5.91 Å². The first-order chi connectivity index (χ1) is 47.3. The molecule has 4 N–H and O–H groups in total. The van der Waals surface area contributed by atoms with Crippen LogP contribution in [0.2, 0.25) is 5.02 Å². The summed E-state index contributed by atoms with van der Waals surface area (Å²) in [5.74, 6) is 2.46. The Bertz CT molecular complexity index is 3790. The molecular weight excluding hydrogens is 1270 g/mol. The number of para-hydroxylation sites is 1. The van der Waals surface area contributed by atoms with Gasteiger partial charge in [0.15, 0.2) is 0 Å². The number of carbonyl (C=O) groups excluding carboxylic acids is 2. The molecule has 4 atom stereocenters. The number of amides is 2. The number of halogens is 1. The van der Waals surface area contributed by atoms with E-state index in [9.17, 15) is 23.1 Å². The lowest BCUT2D eigenvalue weighted by Gasteiger charge is -2.60. The molecule has 0 radical (unpaired) electrons. The fourth-order valence-corrected chi connectivity index (χ4v) is 14.5. The van der Waals surface area contributed by atoms with Crippen molar-refractivity contribution in [3.8, 4) is 17.2 Å². The number of hydrazine groups is 1. The minimum Gasteiger partial charge on any atom is -0.508 e. The number of unbranched alkanes of at least 4 members (excludes halogenated alkanes) is 9. The number of phenolic OH excluding ortho intramolecular Hbond substituents is 1. The van der Waals surface area contributed by atoms with Crippen LogP contribution in [0, 0.1) is 82.1 Å². The van der Waals surface area contributed by atoms with Crippen LogP contribution < -0.4 is 29.9 Å². The number of sulfonamides is 1. The van der Waals surface area contributed by atoms with Crippen molar-refractivity contribution in [1.82, 2.24) is 15.5 Å². The zero-order chi connectivity index (χ0) is 72.0. The Morgan fingerprint density at radius 3 is 1.62 bits per heavy atom. The van der Waals surface area contributed by atoms with E-state index in [1.807, 2.05) is 85.6 Å². The van der Waals surface area contributed by atoms with E-state index in [1.54, 1.807) is 31.2 Å². The predicted octanol–water partition coefficient (Wildman–Crippen LogP) is 21.1. The average Bonchev–Trinajstić information content (AvgIpc) is 1.08. The second-order valence-electron chi connectivity index (χ2n) is 27.7. The zero-order valence-electron chi connectivity index (χ0n) is 61.5. The molecule has 99 heavy (non-hydrogen) atoms. The SMILES string of the molecule is CCCCCCCCCCCCC1(Oc2ccc(O)c(C)c2)C(=O)NC12CCCC(C)C2.Cc1cc(C)cc(C)c1.Cc1cccc(C)c1.Cc1cccc(C)c1.Cc1cccc(C2CC(=O)NN2c2ccccc2)c1.Cc1cccc(OCCCNS(=O)(=O)c2ccc(Cl)c(C)c2)c1. The fraction of sp³-hybridized carbons (Fsp3) is 0.419. The van der Waals surface area contributed by atoms with E-state index in [0.29, 0.717) is 42.7 Å². The lowest BCUT2D eigenvalue weighted by Crippen LogP contribution is -2.84. The van der Waals surface area contributed by atoms with Crippen LogP contribution in [0.5, 0.6) is 17.2 Å². The lowest BCUT2D eigenvalue weighted by atomic mass is 9.59. The zero-order valence-corrected chi connectivity index (χ0v) is 63.1. The number of nitrogens with zero attached hydrogens (tertiary/aromatic N) is 1. The Balaban J connectivity index is 0.000000202. The number of aryl methyl sites for hydroxylation is 11. The molecule has 0 bridgehead atoms. The second kappa shape index (κ2) is 40.4. The van der Waals surface area contributed by atoms with E-state index in [0.717, 1.165) is 66.7 Å². The number of anilines is 1. The van der Waals surface area contributed by atoms with Gasteiger partial charge < -0.3 is 19.9 Å². The molecule has 2 aliphatic heterocycles. The average molecular weight is 1380 g/mol. The minimum atomic E-state index is -3.52. The van der Waals surface area contributed by atoms with E-state index in [1.165, 1.54) is 114 Å². The van der Waals surface area contributed by atoms with Gasteiger partial charge in [-0.2, -0.15) is 0 Å². The van der Waals surface area contributed by atoms with Crippen molar-refractivity contribution in [2.45, 2.75) is 221 Å². The number of rotatable bonds is 22. The maximum atomic E-state index is 13.1. The van der Waals surface area contributed by atoms with Crippen LogP contribution in [0.4, 0.5) is 5.69 Å². The molecule has 2 amide bonds. The van der Waals surface area contributed by atoms with Crippen LogP contribution in [0.3, 0.4) is 0 Å². The number of carbonyl (C=O) groups is 2. The van der Waals surface area contributed by atoms with Gasteiger partial charge >= 0.3 is 0 Å². The summed E-state index contributed by atoms with van der Waals surface area (Å²) in [5.41, 5.74) is 17.4. The van der Waals surface area contributed by atoms with Gasteiger partial charge in [0, 0.05) is 11.6 Å². The quantitative estimate of drug-likeness (QED) is 0.0388. The third-order valence-corrected chi connectivity index (χ3v) is 20.1. The van der Waals surface area contributed by atoms with Crippen molar-refractivity contribution in [2.75, 3.05) is 18.2 Å². The van der Waals surface area contributed by atoms with Crippen LogP contribution in [-0.4, -0.2) is 49.6 Å². The third-order valence-electron chi connectivity index (χ3n) is 18.3. The Hall–Kier alpha value is -7.90. The van der Waals surface area contributed by atoms with Gasteiger partial charge in [-0.3, -0.25) is 20.0 Å². The van der Waals surface area contributed by atoms with Crippen molar-refractivity contribution in [3.63, 3.8) is 0 Å². The number of hydrogen-bond donors (Lipinski definition) is 4. The number of benzene rings is 8. The number of phenols is 1. The Morgan fingerprint density at radius 1 is 0.566 bits per heavy atom. The molecule has 4 unspecified atom stereocenters. The molecule has 8 aromatic rings. The molecule has 11 rings (SSSR count). The molecule has 2 saturated heterocycles. The molecule has 1 saturated carbocycles. The lowest BCUT2D eigenvalue weighted by molar-refractivity contribution is -0.178. The van der Waals surface area contributed by atoms with Gasteiger partial charge in [-0.05, 0) is 197 Å². The molecule has 1 spiro atoms. The fourth-order valence-electron chi connectivity index (χ4n) is 13.3. The first kappa shape index (κ1) is 80.1. The summed E-state index contributed by atoms with van der Waals surface area (Å²) in [5, 5.41) is 15.7. The topological polar surface area (TPSA) is 146 Å². The van der Waals surface area contributed by atoms with E-state index in [2.05, 4.69) is 170 Å². The monoisotopic (exact) mass is 1380 g/mol. The molecule has 532 valence electrons. The van der Waals surface area contributed by atoms with E-state index >= 15 is 0 Å². The third kappa shape index (κ3) is 26.3. The van der Waals surface area contributed by atoms with Crippen LogP contribution >= 0.6 is 11.6 Å². The number of aromatic hydroxyl groups is 1. The molecular formula is C86H113ClN4O7S. The van der Waals surface area contributed by atoms with Gasteiger partial charge in [-0.25, -0.2) is 13.1 Å². The maximum absolute atomic E-state index is 13.1. The van der Waals surface area contributed by atoms with Crippen molar-refractivity contribution in [1.29, 1.82) is 0 Å². The van der Waals surface area contributed by atoms with Crippen molar-refractivity contribution in [3.05, 3.63) is 254 Å². The highest BCUT2D eigenvalue weighted by molar-refractivity contribution is 7.89. The van der Waals surface area contributed by atoms with Gasteiger partial charge in [-0.15, -0.1) is 0 Å². The van der Waals surface area contributed by atoms with Crippen LogP contribution in [0.15, 0.2) is 187 Å². The highest BCUT2D eigenvalue weighted by atomic mass is 35.5. The molecule has 11 nitrogen and oxygen atoms in total. The number of ether oxygens (including phenoxy) is 2. The van der Waals surface area contributed by atoms with Crippen LogP contribution in [0.25, 0.3) is 0 Å². The maximum Gasteiger partial charge on any atom is 0.267 e. The first-order valence-corrected chi connectivity index (χ1v) is 37.7. The molecule has 3 fully saturated rings. The van der Waals surface area contributed by atoms with E-state index in [-0.39, 0.29) is 34.0 Å². The summed E-state index contributed by atoms with van der Waals surface area (Å²) in [6.07, 6.45) is 19.1. The number of nitrogens with one attached hydrogen (secondary N) is 3. The molecule has 2 heterocycles. The van der Waals surface area contributed by atoms with Crippen molar-refractivity contribution < 1.29 is 32.6 Å². The number of β-lactam (4-membered cyclic amide) rings is 1. The minimum absolute atomic E-state index is 0.0493. The molecule has 0 aromatic heterocycles. The summed E-state index contributed by atoms with van der Waals surface area (Å²) < 4.78 is 39.1. The molecule has 3 aliphatic rings. The second-order valence-corrected chi connectivity index (χ2v) is 29.9. The Morgan fingerprint density at radius 2 is 1.10 bits per heavy atom. The first-order valence-electron chi connectivity index (χ1n) is 35.9. The standard InChI is InChI=1S/C28H45NO3.C17H20ClNO3S.C16H16N2O.C9H12.2C8H10/c1-4-5-6-7-8-9-10-11-12-13-19-28(32-24-16-17-25(30)23(3)20-24)26(31)29-27(28)18-14-15-22(2)21-27;1-13-5-3-6-15(11-13)22-10-4-9-19-23(20,21)16-7-8-17(18)14(2)12-16;1-12-6-5-7-13(10-12)15-11-16(19)17-18(15)14-8-3-2-4-9-14;1-7-4-8(2)6-9(3)5-7;2*1-7-4-3-5-8(2)6-7/h16-17,20,22,30H,4-15,18-19,21H2,1-3H3,(H,29,31);3,5-8,11-12,19H,4,9-10H2,1-2H3;2-10,15H,11H2,1H3,(H,17,19);4-6H,1-3H3;2*3-6H,1-2H3. The van der Waals surface area contributed by atoms with Crippen LogP contribution in [0.1, 0.15) is 196 Å². The molecule has 1 aliphatic carbocycles. The normalized spacial score (nSPS) is 17.4. The smallest absolute Gasteiger partial charge is 0.267 e. The molecule has 13 heteroatoms. The highest BCUT2D eigenvalue weighted by Gasteiger charge is 2.68. The van der Waals surface area contributed by atoms with Gasteiger partial charge in [0.05, 0.1) is 35.2 Å². The number of hydrogen-bond acceptors (Lipinski definition) is 8. The van der Waals surface area contributed by atoms with E-state index < -0.39 is 15.6 Å². The highest BCUT2D eigenvalue weighted by Crippen LogP contribution is 2.50. The summed E-state index contributed by atoms with van der Waals surface area (Å²) in [6.45, 7) is 27.8. The summed E-state index contributed by atoms with van der Waals surface area (Å²) >= 11 is 5.91. The predicted molar refractivity (Wildman–Crippen MR) is 412 cm³/mol. The van der Waals surface area contributed by atoms with Gasteiger partial charge in [-0.1, -0.05) is 262 Å².